The lowest BCUT2D eigenvalue weighted by molar-refractivity contribution is 0.0684. The number of rotatable bonds is 5. The van der Waals surface area contributed by atoms with Crippen molar-refractivity contribution in [2.75, 3.05) is 20.0 Å². The Labute approximate surface area is 128 Å². The molecule has 0 unspecified atom stereocenters. The molecule has 1 aromatic carbocycles. The van der Waals surface area contributed by atoms with Crippen molar-refractivity contribution < 1.29 is 26.9 Å². The van der Waals surface area contributed by atoms with E-state index in [4.69, 9.17) is 20.0 Å². The summed E-state index contributed by atoms with van der Waals surface area (Å²) in [6.07, 6.45) is 0. The van der Waals surface area contributed by atoms with Gasteiger partial charge < -0.3 is 9.05 Å². The summed E-state index contributed by atoms with van der Waals surface area (Å²) in [5.74, 6) is -1.56. The van der Waals surface area contributed by atoms with E-state index in [1.807, 2.05) is 0 Å². The molecular weight excluding hydrogens is 305 g/mol. The third-order valence-electron chi connectivity index (χ3n) is 2.45. The summed E-state index contributed by atoms with van der Waals surface area (Å²) in [4.78, 5) is 25.4. The van der Waals surface area contributed by atoms with Gasteiger partial charge in [0.1, 0.15) is 0 Å². The van der Waals surface area contributed by atoms with Gasteiger partial charge in [-0.05, 0) is 35.3 Å². The van der Waals surface area contributed by atoms with Gasteiger partial charge in [0.25, 0.3) is 11.8 Å². The van der Waals surface area contributed by atoms with Gasteiger partial charge in [0.15, 0.2) is 0 Å². The normalized spacial score (nSPS) is 20.9. The zero-order valence-electron chi connectivity index (χ0n) is 15.4. The van der Waals surface area contributed by atoms with Crippen molar-refractivity contribution in [1.82, 2.24) is 4.90 Å². The number of carbonyl (C=O) groups excluding carboxylic acids is 2. The number of hydrogen-bond acceptors (Lipinski definition) is 6. The molecule has 1 aliphatic rings. The number of amides is 2. The second-order valence-corrected chi connectivity index (χ2v) is 9.60. The zero-order chi connectivity index (χ0) is 19.0. The molecule has 0 saturated heterocycles. The highest BCUT2D eigenvalue weighted by molar-refractivity contribution is 8.67. The Balaban J connectivity index is 2.18. The highest BCUT2D eigenvalue weighted by atomic mass is 32.9. The third-order valence-corrected chi connectivity index (χ3v) is 6.72. The van der Waals surface area contributed by atoms with E-state index in [2.05, 4.69) is 9.05 Å². The Morgan fingerprint density at radius 2 is 1.79 bits per heavy atom. The minimum atomic E-state index is -3.88. The summed E-state index contributed by atoms with van der Waals surface area (Å²) in [5, 5.41) is 0. The van der Waals surface area contributed by atoms with Gasteiger partial charge in [-0.3, -0.25) is 14.5 Å². The molecule has 0 bridgehead atoms. The maximum atomic E-state index is 12.3. The van der Waals surface area contributed by atoms with Crippen LogP contribution in [-0.2, 0) is 20.9 Å². The fourth-order valence-corrected chi connectivity index (χ4v) is 3.70. The van der Waals surface area contributed by atoms with Crippen molar-refractivity contribution in [3.05, 3.63) is 35.4 Å². The predicted molar refractivity (Wildman–Crippen MR) is 77.7 cm³/mol. The lowest BCUT2D eigenvalue weighted by Gasteiger charge is -2.20. The summed E-state index contributed by atoms with van der Waals surface area (Å²) in [7, 11) is -5.98. The van der Waals surface area contributed by atoms with Crippen LogP contribution in [-0.4, -0.2) is 36.7 Å². The molecule has 1 heterocycles. The first kappa shape index (κ1) is 8.54. The van der Waals surface area contributed by atoms with Gasteiger partial charge in [-0.15, -0.1) is 0 Å². The maximum absolute atomic E-state index is 12.3. The molecule has 102 valence electrons. The van der Waals surface area contributed by atoms with Gasteiger partial charge >= 0.3 is 0 Å². The molecule has 2 amide bonds. The van der Waals surface area contributed by atoms with E-state index in [-0.39, 0.29) is 11.1 Å². The molecule has 0 saturated carbocycles. The maximum Gasteiger partial charge on any atom is 0.262 e. The van der Waals surface area contributed by atoms with Crippen molar-refractivity contribution in [2.45, 2.75) is 0 Å². The smallest absolute Gasteiger partial charge is 0.262 e. The molecule has 0 aromatic heterocycles. The lowest BCUT2D eigenvalue weighted by Crippen LogP contribution is -2.29. The topological polar surface area (TPSA) is 55.8 Å². The SMILES string of the molecule is [2H]C([2H])([2H])OP(=S)(OC([2H])([2H])[2H])SCN1C(=O)c2ccccc2C1=O. The Hall–Kier alpha value is -0.720. The van der Waals surface area contributed by atoms with Crippen LogP contribution in [0.25, 0.3) is 0 Å². The van der Waals surface area contributed by atoms with Crippen LogP contribution in [0.4, 0.5) is 0 Å². The van der Waals surface area contributed by atoms with Gasteiger partial charge in [-0.1, -0.05) is 12.1 Å². The van der Waals surface area contributed by atoms with E-state index in [0.717, 1.165) is 4.90 Å². The number of nitrogens with zero attached hydrogens (tertiary/aromatic N) is 1. The van der Waals surface area contributed by atoms with Crippen LogP contribution in [0.15, 0.2) is 24.3 Å². The second-order valence-electron chi connectivity index (χ2n) is 3.47. The van der Waals surface area contributed by atoms with E-state index >= 15 is 0 Å². The van der Waals surface area contributed by atoms with Crippen LogP contribution < -0.4 is 0 Å². The molecule has 8 heteroatoms. The van der Waals surface area contributed by atoms with E-state index in [1.165, 1.54) is 12.1 Å². The summed E-state index contributed by atoms with van der Waals surface area (Å²) >= 11 is 5.46. The van der Waals surface area contributed by atoms with Crippen molar-refractivity contribution in [1.29, 1.82) is 0 Å². The molecule has 2 rings (SSSR count). The number of benzene rings is 1. The van der Waals surface area contributed by atoms with Gasteiger partial charge in [-0.25, -0.2) is 0 Å². The van der Waals surface area contributed by atoms with Crippen LogP contribution in [0.1, 0.15) is 28.9 Å². The summed E-state index contributed by atoms with van der Waals surface area (Å²) in [6.45, 7) is 0. The summed E-state index contributed by atoms with van der Waals surface area (Å²) in [6, 6.07) is 6.16. The van der Waals surface area contributed by atoms with Crippen molar-refractivity contribution >= 4 is 40.7 Å². The van der Waals surface area contributed by atoms with Crippen molar-refractivity contribution in [3.63, 3.8) is 0 Å². The largest absolute Gasteiger partial charge is 0.325 e. The molecule has 1 aliphatic heterocycles. The number of hydrogen-bond donors (Lipinski definition) is 0. The molecule has 0 spiro atoms. The molecule has 19 heavy (non-hydrogen) atoms. The highest BCUT2D eigenvalue weighted by Gasteiger charge is 2.36. The first-order chi connectivity index (χ1) is 11.3. The summed E-state index contributed by atoms with van der Waals surface area (Å²) in [5.41, 5.74) is -3.48. The quantitative estimate of drug-likeness (QED) is 0.613. The highest BCUT2D eigenvalue weighted by Crippen LogP contribution is 2.60. The van der Waals surface area contributed by atoms with E-state index in [1.54, 1.807) is 12.1 Å². The van der Waals surface area contributed by atoms with E-state index in [9.17, 15) is 9.59 Å². The molecule has 0 N–H and O–H groups in total. The van der Waals surface area contributed by atoms with Crippen molar-refractivity contribution in [2.24, 2.45) is 0 Å². The molecule has 0 radical (unpaired) electrons. The molecule has 0 aliphatic carbocycles. The number of imide groups is 1. The van der Waals surface area contributed by atoms with Crippen LogP contribution in [0.2, 0.25) is 0 Å². The van der Waals surface area contributed by atoms with Crippen molar-refractivity contribution in [3.8, 4) is 0 Å². The fraction of sp³-hybridized carbons (Fsp3) is 0.273. The molecule has 5 nitrogen and oxygen atoms in total. The lowest BCUT2D eigenvalue weighted by atomic mass is 10.1. The van der Waals surface area contributed by atoms with Crippen LogP contribution >= 0.6 is 17.1 Å². The zero-order valence-corrected chi connectivity index (χ0v) is 11.9. The minimum Gasteiger partial charge on any atom is -0.325 e. The van der Waals surface area contributed by atoms with E-state index in [0.29, 0.717) is 11.4 Å². The fourth-order valence-electron chi connectivity index (χ4n) is 1.56. The Kier molecular flexibility index (Phi) is 2.57. The number of fused-ring (bicyclic) bond motifs is 1. The number of carbonyl (C=O) groups is 2. The molecular formula is C11H12NO4PS2. The van der Waals surface area contributed by atoms with Gasteiger partial charge in [0.05, 0.1) is 25.2 Å². The molecule has 0 atom stereocenters. The average Bonchev–Trinajstić information content (AvgIpc) is 2.65. The van der Waals surface area contributed by atoms with E-state index < -0.39 is 37.5 Å². The van der Waals surface area contributed by atoms with Gasteiger partial charge in [0, 0.05) is 14.1 Å². The predicted octanol–water partition coefficient (Wildman–Crippen LogP) is 2.49. The van der Waals surface area contributed by atoms with Gasteiger partial charge in [-0.2, -0.15) is 0 Å². The van der Waals surface area contributed by atoms with Gasteiger partial charge in [0.2, 0.25) is 5.69 Å². The Morgan fingerprint density at radius 3 is 2.26 bits per heavy atom. The standard InChI is InChI=1S/C11H12NO4PS2/c1-15-17(18,16-2)19-7-12-10(13)8-5-3-4-6-9(8)11(12)14/h3-6H,7H2,1-2H3/i1D3,2D3. The minimum absolute atomic E-state index is 0.204. The molecule has 1 aromatic rings. The second kappa shape index (κ2) is 5.73. The first-order valence-electron chi connectivity index (χ1n) is 7.93. The Morgan fingerprint density at radius 1 is 1.26 bits per heavy atom. The third kappa shape index (κ3) is 2.75. The molecule has 0 fully saturated rings. The Bertz CT molecular complexity index is 698. The first-order valence-corrected chi connectivity index (χ1v) is 9.16. The van der Waals surface area contributed by atoms with Crippen LogP contribution in [0.5, 0.6) is 0 Å². The summed E-state index contributed by atoms with van der Waals surface area (Å²) < 4.78 is 52.0. The van der Waals surface area contributed by atoms with Crippen LogP contribution in [0, 0.1) is 0 Å². The van der Waals surface area contributed by atoms with Crippen LogP contribution in [0.3, 0.4) is 0 Å². The average molecular weight is 323 g/mol. The monoisotopic (exact) mass is 323 g/mol.